The molecule has 3 aromatic rings. The second-order valence-electron chi connectivity index (χ2n) is 4.90. The number of nitrogens with one attached hydrogen (secondary N) is 1. The molecule has 0 aliphatic heterocycles. The number of aromatic nitrogens is 1. The maximum atomic E-state index is 11.9. The summed E-state index contributed by atoms with van der Waals surface area (Å²) in [7, 11) is 0. The van der Waals surface area contributed by atoms with E-state index in [2.05, 4.69) is 10.3 Å². The van der Waals surface area contributed by atoms with Gasteiger partial charge < -0.3 is 10.1 Å². The lowest BCUT2D eigenvalue weighted by atomic mass is 10.2. The number of ether oxygens (including phenoxy) is 1. The topological polar surface area (TPSA) is 68.3 Å². The number of carbonyl (C=O) groups is 2. The van der Waals surface area contributed by atoms with Gasteiger partial charge in [-0.25, -0.2) is 4.98 Å². The summed E-state index contributed by atoms with van der Waals surface area (Å²) in [5.74, 6) is -0.952. The average Bonchev–Trinajstić information content (AvgIpc) is 3.01. The number of para-hydroxylation sites is 1. The Morgan fingerprint density at radius 2 is 1.88 bits per heavy atom. The minimum atomic E-state index is -0.533. The van der Waals surface area contributed by atoms with Gasteiger partial charge in [0.15, 0.2) is 0 Å². The summed E-state index contributed by atoms with van der Waals surface area (Å²) in [6.45, 7) is -0.144. The van der Waals surface area contributed by atoms with Crippen LogP contribution in [0.25, 0.3) is 10.2 Å². The number of hydrogen-bond donors (Lipinski definition) is 1. The summed E-state index contributed by atoms with van der Waals surface area (Å²) in [4.78, 5) is 28.1. The SMILES string of the molecule is O=C(CNC(=O)c1ccccc1Cl)OCc1nc2ccccc2s1. The second-order valence-corrected chi connectivity index (χ2v) is 6.42. The van der Waals surface area contributed by atoms with Gasteiger partial charge in [0, 0.05) is 0 Å². The van der Waals surface area contributed by atoms with Crippen molar-refractivity contribution in [2.75, 3.05) is 6.54 Å². The molecule has 1 heterocycles. The molecule has 0 atom stereocenters. The van der Waals surface area contributed by atoms with Crippen LogP contribution in [-0.4, -0.2) is 23.4 Å². The molecule has 7 heteroatoms. The maximum absolute atomic E-state index is 11.9. The second kappa shape index (κ2) is 7.42. The molecule has 122 valence electrons. The minimum absolute atomic E-state index is 0.0835. The summed E-state index contributed by atoms with van der Waals surface area (Å²) in [6, 6.07) is 14.3. The lowest BCUT2D eigenvalue weighted by Gasteiger charge is -2.06. The van der Waals surface area contributed by atoms with Gasteiger partial charge in [-0.3, -0.25) is 9.59 Å². The number of halogens is 1. The normalized spacial score (nSPS) is 10.5. The molecule has 0 fully saturated rings. The van der Waals surface area contributed by atoms with Gasteiger partial charge in [-0.1, -0.05) is 35.9 Å². The fourth-order valence-electron chi connectivity index (χ4n) is 2.07. The van der Waals surface area contributed by atoms with E-state index in [1.54, 1.807) is 24.3 Å². The van der Waals surface area contributed by atoms with Crippen molar-refractivity contribution in [3.8, 4) is 0 Å². The molecular formula is C17H13ClN2O3S. The van der Waals surface area contributed by atoms with Crippen LogP contribution < -0.4 is 5.32 Å². The predicted octanol–water partition coefficient (Wildman–Crippen LogP) is 3.42. The third-order valence-corrected chi connectivity index (χ3v) is 4.55. The molecule has 1 aromatic heterocycles. The van der Waals surface area contributed by atoms with Gasteiger partial charge in [-0.15, -0.1) is 11.3 Å². The first kappa shape index (κ1) is 16.4. The number of fused-ring (bicyclic) bond motifs is 1. The van der Waals surface area contributed by atoms with E-state index in [1.165, 1.54) is 11.3 Å². The highest BCUT2D eigenvalue weighted by Gasteiger charge is 2.12. The van der Waals surface area contributed by atoms with Gasteiger partial charge in [0.25, 0.3) is 5.91 Å². The van der Waals surface area contributed by atoms with E-state index >= 15 is 0 Å². The van der Waals surface area contributed by atoms with E-state index in [1.807, 2.05) is 24.3 Å². The van der Waals surface area contributed by atoms with E-state index < -0.39 is 11.9 Å². The van der Waals surface area contributed by atoms with Gasteiger partial charge in [-0.05, 0) is 24.3 Å². The summed E-state index contributed by atoms with van der Waals surface area (Å²) < 4.78 is 6.17. The highest BCUT2D eigenvalue weighted by molar-refractivity contribution is 7.18. The third-order valence-electron chi connectivity index (χ3n) is 3.21. The Hall–Kier alpha value is -2.44. The Morgan fingerprint density at radius 3 is 2.67 bits per heavy atom. The number of hydrogen-bond acceptors (Lipinski definition) is 5. The minimum Gasteiger partial charge on any atom is -0.457 e. The van der Waals surface area contributed by atoms with Gasteiger partial charge >= 0.3 is 5.97 Å². The molecular weight excluding hydrogens is 348 g/mol. The number of esters is 1. The highest BCUT2D eigenvalue weighted by Crippen LogP contribution is 2.21. The van der Waals surface area contributed by atoms with E-state index in [4.69, 9.17) is 16.3 Å². The van der Waals surface area contributed by atoms with E-state index in [9.17, 15) is 9.59 Å². The Labute approximate surface area is 147 Å². The largest absolute Gasteiger partial charge is 0.457 e. The van der Waals surface area contributed by atoms with Crippen LogP contribution in [0.4, 0.5) is 0 Å². The molecule has 0 bridgehead atoms. The van der Waals surface area contributed by atoms with E-state index in [0.717, 1.165) is 10.2 Å². The Bertz CT molecular complexity index is 861. The predicted molar refractivity (Wildman–Crippen MR) is 93.2 cm³/mol. The number of amides is 1. The van der Waals surface area contributed by atoms with Crippen LogP contribution >= 0.6 is 22.9 Å². The molecule has 0 aliphatic rings. The first-order valence-corrected chi connectivity index (χ1v) is 8.36. The molecule has 1 amide bonds. The maximum Gasteiger partial charge on any atom is 0.325 e. The first-order valence-electron chi connectivity index (χ1n) is 7.16. The van der Waals surface area contributed by atoms with Crippen LogP contribution in [-0.2, 0) is 16.1 Å². The summed E-state index contributed by atoms with van der Waals surface area (Å²) >= 11 is 7.40. The van der Waals surface area contributed by atoms with Crippen LogP contribution in [0, 0.1) is 0 Å². The number of rotatable bonds is 5. The van der Waals surface area contributed by atoms with Crippen molar-refractivity contribution in [2.24, 2.45) is 0 Å². The zero-order valence-corrected chi connectivity index (χ0v) is 14.1. The Kier molecular flexibility index (Phi) is 5.08. The van der Waals surface area contributed by atoms with Crippen molar-refractivity contribution in [3.05, 3.63) is 64.1 Å². The van der Waals surface area contributed by atoms with Crippen molar-refractivity contribution in [1.29, 1.82) is 0 Å². The molecule has 5 nitrogen and oxygen atoms in total. The van der Waals surface area contributed by atoms with Crippen LogP contribution in [0.1, 0.15) is 15.4 Å². The van der Waals surface area contributed by atoms with Crippen molar-refractivity contribution in [1.82, 2.24) is 10.3 Å². The van der Waals surface area contributed by atoms with Crippen LogP contribution in [0.5, 0.6) is 0 Å². The zero-order chi connectivity index (χ0) is 16.9. The standard InChI is InChI=1S/C17H13ClN2O3S/c18-12-6-2-1-5-11(12)17(22)19-9-16(21)23-10-15-20-13-7-3-4-8-14(13)24-15/h1-8H,9-10H2,(H,19,22). The molecule has 3 rings (SSSR count). The van der Waals surface area contributed by atoms with E-state index in [0.29, 0.717) is 15.6 Å². The number of thiazole rings is 1. The quantitative estimate of drug-likeness (QED) is 0.708. The molecule has 0 aliphatic carbocycles. The van der Waals surface area contributed by atoms with Gasteiger partial charge in [-0.2, -0.15) is 0 Å². The van der Waals surface area contributed by atoms with Crippen molar-refractivity contribution in [3.63, 3.8) is 0 Å². The van der Waals surface area contributed by atoms with Crippen molar-refractivity contribution in [2.45, 2.75) is 6.61 Å². The zero-order valence-electron chi connectivity index (χ0n) is 12.5. The number of nitrogens with zero attached hydrogens (tertiary/aromatic N) is 1. The highest BCUT2D eigenvalue weighted by atomic mass is 35.5. The van der Waals surface area contributed by atoms with Crippen LogP contribution in [0.3, 0.4) is 0 Å². The lowest BCUT2D eigenvalue weighted by Crippen LogP contribution is -2.30. The molecule has 2 aromatic carbocycles. The molecule has 0 saturated heterocycles. The number of carbonyl (C=O) groups excluding carboxylic acids is 2. The van der Waals surface area contributed by atoms with E-state index in [-0.39, 0.29) is 13.2 Å². The van der Waals surface area contributed by atoms with Gasteiger partial charge in [0.2, 0.25) is 0 Å². The van der Waals surface area contributed by atoms with Crippen molar-refractivity contribution >= 4 is 45.0 Å². The van der Waals surface area contributed by atoms with Gasteiger partial charge in [0.1, 0.15) is 18.2 Å². The van der Waals surface area contributed by atoms with Crippen molar-refractivity contribution < 1.29 is 14.3 Å². The molecule has 24 heavy (non-hydrogen) atoms. The fraction of sp³-hybridized carbons (Fsp3) is 0.118. The molecule has 0 saturated carbocycles. The lowest BCUT2D eigenvalue weighted by molar-refractivity contribution is -0.143. The summed E-state index contributed by atoms with van der Waals surface area (Å²) in [5, 5.41) is 3.53. The molecule has 1 N–H and O–H groups in total. The summed E-state index contributed by atoms with van der Waals surface area (Å²) in [5.41, 5.74) is 1.19. The smallest absolute Gasteiger partial charge is 0.325 e. The average molecular weight is 361 g/mol. The molecule has 0 unspecified atom stereocenters. The molecule has 0 spiro atoms. The van der Waals surface area contributed by atoms with Crippen LogP contribution in [0.2, 0.25) is 5.02 Å². The summed E-state index contributed by atoms with van der Waals surface area (Å²) in [6.07, 6.45) is 0. The first-order chi connectivity index (χ1) is 11.6. The monoisotopic (exact) mass is 360 g/mol. The number of benzene rings is 2. The third kappa shape index (κ3) is 3.90. The fourth-order valence-corrected chi connectivity index (χ4v) is 3.17. The Morgan fingerprint density at radius 1 is 1.12 bits per heavy atom. The Balaban J connectivity index is 1.51. The van der Waals surface area contributed by atoms with Gasteiger partial charge in [0.05, 0.1) is 20.8 Å². The van der Waals surface area contributed by atoms with Crippen LogP contribution in [0.15, 0.2) is 48.5 Å². The molecule has 0 radical (unpaired) electrons.